The summed E-state index contributed by atoms with van der Waals surface area (Å²) in [4.78, 5) is 12.8. The Hall–Kier alpha value is -2.60. The third-order valence-corrected chi connectivity index (χ3v) is 2.81. The van der Waals surface area contributed by atoms with E-state index in [1.807, 2.05) is 30.3 Å². The lowest BCUT2D eigenvalue weighted by atomic mass is 10.2. The van der Waals surface area contributed by atoms with Gasteiger partial charge in [-0.25, -0.2) is 0 Å². The van der Waals surface area contributed by atoms with E-state index in [0.29, 0.717) is 30.4 Å². The highest BCUT2D eigenvalue weighted by Gasteiger charge is 2.10. The first-order chi connectivity index (χ1) is 9.85. The van der Waals surface area contributed by atoms with E-state index in [2.05, 4.69) is 20.1 Å². The van der Waals surface area contributed by atoms with Crippen LogP contribution in [0.5, 0.6) is 0 Å². The third-order valence-electron chi connectivity index (χ3n) is 2.81. The second kappa shape index (κ2) is 5.58. The predicted octanol–water partition coefficient (Wildman–Crippen LogP) is 1.58. The summed E-state index contributed by atoms with van der Waals surface area (Å²) in [5.74, 6) is 0.989. The number of nitrogens with two attached hydrogens (primary N) is 1. The highest BCUT2D eigenvalue weighted by Crippen LogP contribution is 2.15. The van der Waals surface area contributed by atoms with Gasteiger partial charge in [0.25, 0.3) is 5.89 Å². The van der Waals surface area contributed by atoms with E-state index in [4.69, 9.17) is 10.3 Å². The van der Waals surface area contributed by atoms with E-state index in [1.54, 1.807) is 12.4 Å². The molecule has 0 saturated carbocycles. The van der Waals surface area contributed by atoms with Crippen molar-refractivity contribution in [2.45, 2.75) is 13.0 Å². The minimum absolute atomic E-state index is 0.402. The quantitative estimate of drug-likeness (QED) is 0.771. The molecule has 0 aliphatic carbocycles. The van der Waals surface area contributed by atoms with Gasteiger partial charge in [0.2, 0.25) is 0 Å². The van der Waals surface area contributed by atoms with Crippen molar-refractivity contribution in [1.29, 1.82) is 0 Å². The van der Waals surface area contributed by atoms with Crippen molar-refractivity contribution in [3.63, 3.8) is 0 Å². The Morgan fingerprint density at radius 1 is 1.10 bits per heavy atom. The summed E-state index contributed by atoms with van der Waals surface area (Å²) in [6.07, 6.45) is 3.98. The Morgan fingerprint density at radius 2 is 2.05 bits per heavy atom. The van der Waals surface area contributed by atoms with Crippen LogP contribution in [0.4, 0.5) is 0 Å². The summed E-state index contributed by atoms with van der Waals surface area (Å²) in [7, 11) is 0. The molecule has 0 aliphatic rings. The number of pyridine rings is 2. The molecular formula is C14H13N5O. The van der Waals surface area contributed by atoms with Crippen LogP contribution < -0.4 is 5.73 Å². The van der Waals surface area contributed by atoms with E-state index < -0.39 is 0 Å². The van der Waals surface area contributed by atoms with Crippen molar-refractivity contribution >= 4 is 0 Å². The predicted molar refractivity (Wildman–Crippen MR) is 72.5 cm³/mol. The second-order valence-corrected chi connectivity index (χ2v) is 4.27. The number of nitrogens with zero attached hydrogens (tertiary/aromatic N) is 4. The zero-order valence-electron chi connectivity index (χ0n) is 10.7. The molecule has 0 aromatic carbocycles. The van der Waals surface area contributed by atoms with Gasteiger partial charge in [-0.05, 0) is 23.8 Å². The zero-order chi connectivity index (χ0) is 13.8. The SMILES string of the molecule is NCc1ccc(-c2nc(Cc3ccccn3)no2)nc1. The average molecular weight is 267 g/mol. The van der Waals surface area contributed by atoms with Crippen molar-refractivity contribution < 1.29 is 4.52 Å². The fourth-order valence-electron chi connectivity index (χ4n) is 1.77. The van der Waals surface area contributed by atoms with Crippen LogP contribution in [0.2, 0.25) is 0 Å². The van der Waals surface area contributed by atoms with Gasteiger partial charge in [0, 0.05) is 24.6 Å². The van der Waals surface area contributed by atoms with E-state index in [9.17, 15) is 0 Å². The molecule has 0 atom stereocenters. The monoisotopic (exact) mass is 267 g/mol. The van der Waals surface area contributed by atoms with Crippen molar-refractivity contribution in [3.05, 3.63) is 59.8 Å². The van der Waals surface area contributed by atoms with Crippen molar-refractivity contribution in [1.82, 2.24) is 20.1 Å². The van der Waals surface area contributed by atoms with Crippen LogP contribution in [0.3, 0.4) is 0 Å². The molecule has 3 heterocycles. The smallest absolute Gasteiger partial charge is 0.276 e. The molecule has 0 amide bonds. The molecule has 0 aliphatic heterocycles. The van der Waals surface area contributed by atoms with Crippen LogP contribution in [0.25, 0.3) is 11.6 Å². The Labute approximate surface area is 115 Å². The number of hydrogen-bond acceptors (Lipinski definition) is 6. The standard InChI is InChI=1S/C14H13N5O/c15-8-10-4-5-12(17-9-10)14-18-13(19-20-14)7-11-3-1-2-6-16-11/h1-6,9H,7-8,15H2. The highest BCUT2D eigenvalue weighted by molar-refractivity contribution is 5.46. The fourth-order valence-corrected chi connectivity index (χ4v) is 1.77. The Balaban J connectivity index is 1.79. The van der Waals surface area contributed by atoms with Gasteiger partial charge >= 0.3 is 0 Å². The minimum Gasteiger partial charge on any atom is -0.332 e. The Bertz CT molecular complexity index is 678. The molecule has 100 valence electrons. The van der Waals surface area contributed by atoms with Crippen molar-refractivity contribution in [2.75, 3.05) is 0 Å². The molecule has 0 saturated heterocycles. The normalized spacial score (nSPS) is 10.7. The van der Waals surface area contributed by atoms with E-state index >= 15 is 0 Å². The number of aromatic nitrogens is 4. The maximum absolute atomic E-state index is 5.53. The third kappa shape index (κ3) is 2.70. The summed E-state index contributed by atoms with van der Waals surface area (Å²) < 4.78 is 5.21. The summed E-state index contributed by atoms with van der Waals surface area (Å²) in [5, 5.41) is 3.94. The average Bonchev–Trinajstić information content (AvgIpc) is 2.97. The van der Waals surface area contributed by atoms with Gasteiger partial charge in [-0.3, -0.25) is 9.97 Å². The van der Waals surface area contributed by atoms with Gasteiger partial charge in [-0.15, -0.1) is 0 Å². The number of rotatable bonds is 4. The maximum atomic E-state index is 5.53. The van der Waals surface area contributed by atoms with Crippen molar-refractivity contribution in [3.8, 4) is 11.6 Å². The molecule has 2 N–H and O–H groups in total. The van der Waals surface area contributed by atoms with Gasteiger partial charge in [-0.1, -0.05) is 17.3 Å². The molecule has 0 bridgehead atoms. The summed E-state index contributed by atoms with van der Waals surface area (Å²) in [6.45, 7) is 0.460. The van der Waals surface area contributed by atoms with Crippen LogP contribution in [0, 0.1) is 0 Å². The van der Waals surface area contributed by atoms with Gasteiger partial charge in [0.05, 0.1) is 6.42 Å². The van der Waals surface area contributed by atoms with E-state index in [1.165, 1.54) is 0 Å². The van der Waals surface area contributed by atoms with Crippen LogP contribution in [0.15, 0.2) is 47.2 Å². The zero-order valence-corrected chi connectivity index (χ0v) is 10.7. The van der Waals surface area contributed by atoms with Gasteiger partial charge in [0.1, 0.15) is 5.69 Å². The molecular weight excluding hydrogens is 254 g/mol. The van der Waals surface area contributed by atoms with Gasteiger partial charge < -0.3 is 10.3 Å². The molecule has 6 heteroatoms. The Morgan fingerprint density at radius 3 is 2.75 bits per heavy atom. The molecule has 0 radical (unpaired) electrons. The van der Waals surface area contributed by atoms with Gasteiger partial charge in [-0.2, -0.15) is 4.98 Å². The lowest BCUT2D eigenvalue weighted by molar-refractivity contribution is 0.422. The van der Waals surface area contributed by atoms with Crippen molar-refractivity contribution in [2.24, 2.45) is 5.73 Å². The first-order valence-corrected chi connectivity index (χ1v) is 6.23. The molecule has 0 fully saturated rings. The molecule has 20 heavy (non-hydrogen) atoms. The summed E-state index contributed by atoms with van der Waals surface area (Å²) in [6, 6.07) is 9.43. The lowest BCUT2D eigenvalue weighted by Crippen LogP contribution is -1.97. The van der Waals surface area contributed by atoms with Crippen LogP contribution in [-0.2, 0) is 13.0 Å². The van der Waals surface area contributed by atoms with Crippen LogP contribution >= 0.6 is 0 Å². The molecule has 3 rings (SSSR count). The lowest BCUT2D eigenvalue weighted by Gasteiger charge is -1.96. The van der Waals surface area contributed by atoms with Crippen LogP contribution in [0.1, 0.15) is 17.1 Å². The highest BCUT2D eigenvalue weighted by atomic mass is 16.5. The first kappa shape index (κ1) is 12.4. The molecule has 3 aromatic rings. The first-order valence-electron chi connectivity index (χ1n) is 6.23. The largest absolute Gasteiger partial charge is 0.332 e. The number of hydrogen-bond donors (Lipinski definition) is 1. The topological polar surface area (TPSA) is 90.7 Å². The Kier molecular flexibility index (Phi) is 3.47. The minimum atomic E-state index is 0.402. The molecule has 3 aromatic heterocycles. The van der Waals surface area contributed by atoms with Gasteiger partial charge in [0.15, 0.2) is 5.82 Å². The molecule has 6 nitrogen and oxygen atoms in total. The van der Waals surface area contributed by atoms with E-state index in [-0.39, 0.29) is 0 Å². The molecule has 0 spiro atoms. The summed E-state index contributed by atoms with van der Waals surface area (Å²) in [5.41, 5.74) is 8.03. The maximum Gasteiger partial charge on any atom is 0.276 e. The van der Waals surface area contributed by atoms with Crippen LogP contribution in [-0.4, -0.2) is 20.1 Å². The summed E-state index contributed by atoms with van der Waals surface area (Å²) >= 11 is 0. The fraction of sp³-hybridized carbons (Fsp3) is 0.143. The molecule has 0 unspecified atom stereocenters. The van der Waals surface area contributed by atoms with E-state index in [0.717, 1.165) is 11.3 Å². The second-order valence-electron chi connectivity index (χ2n) is 4.27.